The van der Waals surface area contributed by atoms with E-state index in [4.69, 9.17) is 4.74 Å². The molecule has 1 aliphatic heterocycles. The second-order valence-corrected chi connectivity index (χ2v) is 5.95. The topological polar surface area (TPSA) is 63.1 Å². The largest absolute Gasteiger partial charge is 0.377 e. The molecule has 22 heavy (non-hydrogen) atoms. The zero-order valence-corrected chi connectivity index (χ0v) is 13.6. The maximum absolute atomic E-state index is 11.0. The van der Waals surface area contributed by atoms with Gasteiger partial charge in [0.2, 0.25) is 5.91 Å². The lowest BCUT2D eigenvalue weighted by molar-refractivity contribution is -0.116. The van der Waals surface area contributed by atoms with Crippen LogP contribution in [0.1, 0.15) is 37.3 Å². The van der Waals surface area contributed by atoms with Crippen LogP contribution in [0.25, 0.3) is 0 Å². The number of thioether (sulfide) groups is 1. The molecule has 0 atom stereocenters. The van der Waals surface area contributed by atoms with Crippen LogP contribution in [0.4, 0.5) is 0 Å². The van der Waals surface area contributed by atoms with Crippen LogP contribution in [-0.4, -0.2) is 29.6 Å². The maximum atomic E-state index is 11.0. The first-order chi connectivity index (χ1) is 10.8. The fraction of sp³-hybridized carbons (Fsp3) is 0.438. The number of rotatable bonds is 8. The third kappa shape index (κ3) is 5.99. The van der Waals surface area contributed by atoms with E-state index >= 15 is 0 Å². The second-order valence-electron chi connectivity index (χ2n) is 4.99. The molecule has 0 aliphatic carbocycles. The minimum absolute atomic E-state index is 0.0257. The Morgan fingerprint density at radius 2 is 2.14 bits per heavy atom. The van der Waals surface area contributed by atoms with Crippen molar-refractivity contribution >= 4 is 29.1 Å². The standard InChI is InChI=1S/C16H21N3O2S/c1-2-3-4-9-21-11-14-7-5-13(6-8-14)10-17-19-16-18-15(20)12-22-16/h5-8,10H,2-4,9,11-12H2,1H3,(H,18,19,20). The zero-order valence-electron chi connectivity index (χ0n) is 12.7. The molecule has 1 aliphatic rings. The van der Waals surface area contributed by atoms with Crippen LogP contribution in [-0.2, 0) is 16.1 Å². The molecule has 1 saturated heterocycles. The van der Waals surface area contributed by atoms with Gasteiger partial charge >= 0.3 is 0 Å². The van der Waals surface area contributed by atoms with Crippen molar-refractivity contribution in [1.29, 1.82) is 0 Å². The van der Waals surface area contributed by atoms with E-state index in [2.05, 4.69) is 22.4 Å². The van der Waals surface area contributed by atoms with E-state index < -0.39 is 0 Å². The third-order valence-electron chi connectivity index (χ3n) is 3.08. The van der Waals surface area contributed by atoms with Gasteiger partial charge in [0, 0.05) is 6.61 Å². The summed E-state index contributed by atoms with van der Waals surface area (Å²) in [6, 6.07) is 8.02. The highest BCUT2D eigenvalue weighted by Gasteiger charge is 2.15. The second kappa shape index (κ2) is 9.38. The Bertz CT molecular complexity index is 541. The van der Waals surface area contributed by atoms with Gasteiger partial charge in [0.15, 0.2) is 5.17 Å². The molecule has 0 unspecified atom stereocenters. The number of nitrogens with zero attached hydrogens (tertiary/aromatic N) is 2. The van der Waals surface area contributed by atoms with Crippen LogP contribution in [0.2, 0.25) is 0 Å². The predicted molar refractivity (Wildman–Crippen MR) is 91.3 cm³/mol. The highest BCUT2D eigenvalue weighted by molar-refractivity contribution is 8.15. The summed E-state index contributed by atoms with van der Waals surface area (Å²) in [6.07, 6.45) is 5.22. The molecule has 1 heterocycles. The summed E-state index contributed by atoms with van der Waals surface area (Å²) in [7, 11) is 0. The molecule has 1 aromatic carbocycles. The molecule has 0 radical (unpaired) electrons. The average molecular weight is 319 g/mol. The summed E-state index contributed by atoms with van der Waals surface area (Å²) >= 11 is 1.36. The average Bonchev–Trinajstić information content (AvgIpc) is 2.94. The van der Waals surface area contributed by atoms with Gasteiger partial charge in [-0.1, -0.05) is 55.8 Å². The van der Waals surface area contributed by atoms with Crippen LogP contribution in [0.15, 0.2) is 34.5 Å². The van der Waals surface area contributed by atoms with Crippen molar-refractivity contribution < 1.29 is 9.53 Å². The van der Waals surface area contributed by atoms with Crippen molar-refractivity contribution in [1.82, 2.24) is 5.32 Å². The normalized spacial score (nSPS) is 16.6. The summed E-state index contributed by atoms with van der Waals surface area (Å²) in [5, 5.41) is 11.1. The lowest BCUT2D eigenvalue weighted by Crippen LogP contribution is -2.19. The summed E-state index contributed by atoms with van der Waals surface area (Å²) in [6.45, 7) is 3.65. The fourth-order valence-electron chi connectivity index (χ4n) is 1.87. The van der Waals surface area contributed by atoms with Crippen molar-refractivity contribution in [2.75, 3.05) is 12.4 Å². The molecule has 0 spiro atoms. The van der Waals surface area contributed by atoms with E-state index in [1.165, 1.54) is 24.6 Å². The molecular formula is C16H21N3O2S. The quantitative estimate of drug-likeness (QED) is 0.455. The number of amidine groups is 1. The molecular weight excluding hydrogens is 298 g/mol. The third-order valence-corrected chi connectivity index (χ3v) is 3.95. The minimum atomic E-state index is -0.0257. The number of nitrogens with one attached hydrogen (secondary N) is 1. The highest BCUT2D eigenvalue weighted by atomic mass is 32.2. The van der Waals surface area contributed by atoms with Crippen LogP contribution < -0.4 is 5.32 Å². The summed E-state index contributed by atoms with van der Waals surface area (Å²) in [5.41, 5.74) is 2.12. The number of ether oxygens (including phenoxy) is 1. The van der Waals surface area contributed by atoms with Crippen LogP contribution >= 0.6 is 11.8 Å². The Kier molecular flexibility index (Phi) is 7.12. The van der Waals surface area contributed by atoms with Crippen LogP contribution in [0.5, 0.6) is 0 Å². The first-order valence-corrected chi connectivity index (χ1v) is 8.47. The van der Waals surface area contributed by atoms with Gasteiger partial charge in [-0.15, -0.1) is 5.10 Å². The summed E-state index contributed by atoms with van der Waals surface area (Å²) in [5.74, 6) is 0.392. The molecule has 0 bridgehead atoms. The first kappa shape index (κ1) is 16.7. The number of benzene rings is 1. The number of carbonyl (C=O) groups excluding carboxylic acids is 1. The van der Waals surface area contributed by atoms with E-state index in [-0.39, 0.29) is 5.91 Å². The zero-order chi connectivity index (χ0) is 15.6. The monoisotopic (exact) mass is 319 g/mol. The summed E-state index contributed by atoms with van der Waals surface area (Å²) < 4.78 is 5.62. The van der Waals surface area contributed by atoms with Gasteiger partial charge in [-0.25, -0.2) is 0 Å². The molecule has 0 saturated carbocycles. The van der Waals surface area contributed by atoms with E-state index in [0.29, 0.717) is 17.5 Å². The van der Waals surface area contributed by atoms with Gasteiger partial charge in [0.05, 0.1) is 18.6 Å². The Morgan fingerprint density at radius 3 is 2.82 bits per heavy atom. The number of unbranched alkanes of at least 4 members (excludes halogenated alkanes) is 2. The smallest absolute Gasteiger partial charge is 0.236 e. The molecule has 1 aromatic rings. The molecule has 6 heteroatoms. The molecule has 1 N–H and O–H groups in total. The van der Waals surface area contributed by atoms with E-state index in [1.54, 1.807) is 6.21 Å². The predicted octanol–water partition coefficient (Wildman–Crippen LogP) is 2.95. The van der Waals surface area contributed by atoms with Crippen LogP contribution in [0, 0.1) is 0 Å². The number of amides is 1. The highest BCUT2D eigenvalue weighted by Crippen LogP contribution is 2.09. The van der Waals surface area contributed by atoms with Gasteiger partial charge in [-0.05, 0) is 17.5 Å². The molecule has 2 rings (SSSR count). The van der Waals surface area contributed by atoms with E-state index in [0.717, 1.165) is 24.2 Å². The Balaban J connectivity index is 1.75. The molecule has 118 valence electrons. The van der Waals surface area contributed by atoms with Crippen molar-refractivity contribution in [2.45, 2.75) is 32.8 Å². The fourth-order valence-corrected chi connectivity index (χ4v) is 2.50. The van der Waals surface area contributed by atoms with Crippen molar-refractivity contribution in [3.63, 3.8) is 0 Å². The lowest BCUT2D eigenvalue weighted by atomic mass is 10.1. The minimum Gasteiger partial charge on any atom is -0.377 e. The lowest BCUT2D eigenvalue weighted by Gasteiger charge is -2.04. The number of carbonyl (C=O) groups is 1. The number of hydrogen-bond acceptors (Lipinski definition) is 5. The van der Waals surface area contributed by atoms with Crippen molar-refractivity contribution in [2.24, 2.45) is 10.2 Å². The van der Waals surface area contributed by atoms with Crippen molar-refractivity contribution in [3.8, 4) is 0 Å². The number of hydrogen-bond donors (Lipinski definition) is 1. The van der Waals surface area contributed by atoms with Gasteiger partial charge in [-0.3, -0.25) is 4.79 Å². The van der Waals surface area contributed by atoms with Gasteiger partial charge < -0.3 is 10.1 Å². The van der Waals surface area contributed by atoms with E-state index in [1.807, 2.05) is 24.3 Å². The molecule has 0 aromatic heterocycles. The van der Waals surface area contributed by atoms with Gasteiger partial charge in [0.25, 0.3) is 0 Å². The van der Waals surface area contributed by atoms with Gasteiger partial charge in [-0.2, -0.15) is 5.10 Å². The molecule has 1 amide bonds. The molecule has 1 fully saturated rings. The Hall–Kier alpha value is -1.66. The first-order valence-electron chi connectivity index (χ1n) is 7.48. The van der Waals surface area contributed by atoms with Crippen LogP contribution in [0.3, 0.4) is 0 Å². The molecule has 5 nitrogen and oxygen atoms in total. The maximum Gasteiger partial charge on any atom is 0.236 e. The van der Waals surface area contributed by atoms with Crippen molar-refractivity contribution in [3.05, 3.63) is 35.4 Å². The Labute approximate surface area is 135 Å². The Morgan fingerprint density at radius 1 is 1.32 bits per heavy atom. The van der Waals surface area contributed by atoms with E-state index in [9.17, 15) is 4.79 Å². The van der Waals surface area contributed by atoms with Gasteiger partial charge in [0.1, 0.15) is 0 Å². The summed E-state index contributed by atoms with van der Waals surface area (Å²) in [4.78, 5) is 11.0. The SMILES string of the molecule is CCCCCOCc1ccc(C=NN=C2NC(=O)CS2)cc1.